The Labute approximate surface area is 239 Å². The van der Waals surface area contributed by atoms with Crippen molar-refractivity contribution in [1.29, 1.82) is 0 Å². The third-order valence-electron chi connectivity index (χ3n) is 8.84. The van der Waals surface area contributed by atoms with E-state index in [9.17, 15) is 0 Å². The fourth-order valence-corrected chi connectivity index (χ4v) is 7.13. The first-order chi connectivity index (χ1) is 20.9. The van der Waals surface area contributed by atoms with Crippen molar-refractivity contribution < 1.29 is 4.42 Å². The van der Waals surface area contributed by atoms with Gasteiger partial charge in [-0.1, -0.05) is 91.0 Å². The van der Waals surface area contributed by atoms with Gasteiger partial charge in [0.15, 0.2) is 5.58 Å². The highest BCUT2D eigenvalue weighted by Crippen LogP contribution is 2.45. The molecule has 6 aromatic carbocycles. The van der Waals surface area contributed by atoms with Crippen molar-refractivity contribution in [3.63, 3.8) is 0 Å². The van der Waals surface area contributed by atoms with E-state index < -0.39 is 0 Å². The summed E-state index contributed by atoms with van der Waals surface area (Å²) in [5, 5.41) is 12.8. The Morgan fingerprint density at radius 3 is 1.90 bits per heavy atom. The second-order valence-electron chi connectivity index (χ2n) is 11.0. The molecule has 0 saturated heterocycles. The molecule has 42 heavy (non-hydrogen) atoms. The van der Waals surface area contributed by atoms with E-state index in [1.54, 1.807) is 0 Å². The summed E-state index contributed by atoms with van der Waals surface area (Å²) in [5.74, 6) is 0.879. The van der Waals surface area contributed by atoms with Gasteiger partial charge in [0.1, 0.15) is 16.9 Å². The standard InChI is InChI=1S/C38H21N3O/c1-3-12-24-22(10-1)23-11-2-4-13-25(23)30-21-40-33(20-29(24)30)41-31-17-7-5-14-26(31)34-28-16-9-19-39-36(28)38-35(37(34)41)27-15-6-8-18-32(27)42-38/h1-21H. The molecule has 4 aromatic heterocycles. The molecule has 0 N–H and O–H groups in total. The number of benzene rings is 6. The van der Waals surface area contributed by atoms with Crippen LogP contribution in [0.2, 0.25) is 0 Å². The summed E-state index contributed by atoms with van der Waals surface area (Å²) < 4.78 is 8.86. The number of rotatable bonds is 1. The van der Waals surface area contributed by atoms with Gasteiger partial charge in [-0.25, -0.2) is 4.98 Å². The molecule has 4 nitrogen and oxygen atoms in total. The summed E-state index contributed by atoms with van der Waals surface area (Å²) in [5.41, 5.74) is 4.73. The van der Waals surface area contributed by atoms with E-state index in [1.807, 2.05) is 30.6 Å². The minimum absolute atomic E-state index is 0.806. The third-order valence-corrected chi connectivity index (χ3v) is 8.84. The van der Waals surface area contributed by atoms with Crippen molar-refractivity contribution >= 4 is 87.0 Å². The van der Waals surface area contributed by atoms with Gasteiger partial charge in [0.25, 0.3) is 0 Å². The van der Waals surface area contributed by atoms with E-state index in [-0.39, 0.29) is 0 Å². The van der Waals surface area contributed by atoms with Crippen LogP contribution in [0.5, 0.6) is 0 Å². The van der Waals surface area contributed by atoms with Gasteiger partial charge < -0.3 is 4.42 Å². The Bertz CT molecular complexity index is 2710. The normalized spacial score (nSPS) is 12.3. The molecule has 0 radical (unpaired) electrons. The summed E-state index contributed by atoms with van der Waals surface area (Å²) in [4.78, 5) is 10.0. The molecule has 0 aliphatic carbocycles. The molecule has 0 bridgehead atoms. The van der Waals surface area contributed by atoms with Crippen LogP contribution in [0.25, 0.3) is 92.8 Å². The quantitative estimate of drug-likeness (QED) is 0.196. The lowest BCUT2D eigenvalue weighted by Crippen LogP contribution is -1.98. The molecule has 0 aliphatic rings. The number of nitrogens with zero attached hydrogens (tertiary/aromatic N) is 3. The lowest BCUT2D eigenvalue weighted by molar-refractivity contribution is 0.672. The van der Waals surface area contributed by atoms with Crippen LogP contribution < -0.4 is 0 Å². The monoisotopic (exact) mass is 535 g/mol. The molecule has 10 rings (SSSR count). The maximum absolute atomic E-state index is 6.54. The predicted octanol–water partition coefficient (Wildman–Crippen LogP) is 10.1. The van der Waals surface area contributed by atoms with Crippen LogP contribution in [0.15, 0.2) is 132 Å². The second kappa shape index (κ2) is 7.93. The summed E-state index contributed by atoms with van der Waals surface area (Å²) >= 11 is 0. The average Bonchev–Trinajstić information content (AvgIpc) is 3.61. The van der Waals surface area contributed by atoms with Crippen molar-refractivity contribution in [2.24, 2.45) is 0 Å². The van der Waals surface area contributed by atoms with Gasteiger partial charge in [0.05, 0.1) is 16.4 Å². The molecule has 194 valence electrons. The highest BCUT2D eigenvalue weighted by molar-refractivity contribution is 6.34. The fraction of sp³-hybridized carbons (Fsp3) is 0. The van der Waals surface area contributed by atoms with Gasteiger partial charge in [-0.15, -0.1) is 0 Å². The predicted molar refractivity (Wildman–Crippen MR) is 174 cm³/mol. The maximum Gasteiger partial charge on any atom is 0.163 e. The lowest BCUT2D eigenvalue weighted by atomic mass is 9.95. The van der Waals surface area contributed by atoms with E-state index in [0.717, 1.165) is 60.5 Å². The molecular formula is C38H21N3O. The SMILES string of the molecule is c1ccc2c(c1)oc1c3ncccc3c3c4ccccc4n(-c4cc5c6ccccc6c6ccccc6c5cn4)c3c21. The minimum atomic E-state index is 0.806. The van der Waals surface area contributed by atoms with Crippen molar-refractivity contribution in [2.75, 3.05) is 0 Å². The first kappa shape index (κ1) is 22.0. The first-order valence-electron chi connectivity index (χ1n) is 14.2. The highest BCUT2D eigenvalue weighted by Gasteiger charge is 2.24. The van der Waals surface area contributed by atoms with Gasteiger partial charge >= 0.3 is 0 Å². The number of para-hydroxylation sites is 2. The summed E-state index contributed by atoms with van der Waals surface area (Å²) in [6.07, 6.45) is 3.90. The number of aromatic nitrogens is 3. The molecule has 0 unspecified atom stereocenters. The van der Waals surface area contributed by atoms with E-state index in [1.165, 1.54) is 32.3 Å². The second-order valence-corrected chi connectivity index (χ2v) is 11.0. The Balaban J connectivity index is 1.46. The van der Waals surface area contributed by atoms with Gasteiger partial charge in [0.2, 0.25) is 0 Å². The molecule has 4 heteroatoms. The molecule has 10 aromatic rings. The zero-order chi connectivity index (χ0) is 27.4. The maximum atomic E-state index is 6.54. The molecule has 0 aliphatic heterocycles. The zero-order valence-corrected chi connectivity index (χ0v) is 22.4. The van der Waals surface area contributed by atoms with Crippen LogP contribution in [-0.2, 0) is 0 Å². The van der Waals surface area contributed by atoms with E-state index in [4.69, 9.17) is 14.4 Å². The number of pyridine rings is 2. The van der Waals surface area contributed by atoms with Crippen molar-refractivity contribution in [1.82, 2.24) is 14.5 Å². The third kappa shape index (κ3) is 2.71. The van der Waals surface area contributed by atoms with Crippen LogP contribution in [0.4, 0.5) is 0 Å². The van der Waals surface area contributed by atoms with Crippen LogP contribution in [0, 0.1) is 0 Å². The van der Waals surface area contributed by atoms with Crippen molar-refractivity contribution in [3.8, 4) is 5.82 Å². The summed E-state index contributed by atoms with van der Waals surface area (Å²) in [6.45, 7) is 0. The Kier molecular flexibility index (Phi) is 4.15. The molecule has 0 amide bonds. The molecule has 0 saturated carbocycles. The minimum Gasteiger partial charge on any atom is -0.454 e. The average molecular weight is 536 g/mol. The Morgan fingerprint density at radius 2 is 1.12 bits per heavy atom. The van der Waals surface area contributed by atoms with Crippen LogP contribution in [-0.4, -0.2) is 14.5 Å². The summed E-state index contributed by atoms with van der Waals surface area (Å²) in [6, 6.07) is 40.6. The van der Waals surface area contributed by atoms with Crippen LogP contribution in [0.1, 0.15) is 0 Å². The number of hydrogen-bond donors (Lipinski definition) is 0. The van der Waals surface area contributed by atoms with Gasteiger partial charge in [-0.2, -0.15) is 0 Å². The lowest BCUT2D eigenvalue weighted by Gasteiger charge is -2.13. The van der Waals surface area contributed by atoms with Gasteiger partial charge in [-0.05, 0) is 51.2 Å². The van der Waals surface area contributed by atoms with E-state index in [0.29, 0.717) is 0 Å². The summed E-state index contributed by atoms with van der Waals surface area (Å²) in [7, 11) is 0. The van der Waals surface area contributed by atoms with Crippen LogP contribution >= 0.6 is 0 Å². The number of fused-ring (bicyclic) bond motifs is 16. The number of hydrogen-bond acceptors (Lipinski definition) is 3. The highest BCUT2D eigenvalue weighted by atomic mass is 16.3. The molecule has 0 fully saturated rings. The van der Waals surface area contributed by atoms with Crippen molar-refractivity contribution in [2.45, 2.75) is 0 Å². The van der Waals surface area contributed by atoms with E-state index >= 15 is 0 Å². The molecule has 0 atom stereocenters. The zero-order valence-electron chi connectivity index (χ0n) is 22.4. The molecule has 0 spiro atoms. The van der Waals surface area contributed by atoms with Crippen molar-refractivity contribution in [3.05, 3.63) is 128 Å². The van der Waals surface area contributed by atoms with Gasteiger partial charge in [0, 0.05) is 39.3 Å². The topological polar surface area (TPSA) is 43.9 Å². The Morgan fingerprint density at radius 1 is 0.500 bits per heavy atom. The first-order valence-corrected chi connectivity index (χ1v) is 14.2. The largest absolute Gasteiger partial charge is 0.454 e. The fourth-order valence-electron chi connectivity index (χ4n) is 7.13. The van der Waals surface area contributed by atoms with Gasteiger partial charge in [-0.3, -0.25) is 9.55 Å². The molecule has 4 heterocycles. The smallest absolute Gasteiger partial charge is 0.163 e. The van der Waals surface area contributed by atoms with Crippen LogP contribution in [0.3, 0.4) is 0 Å². The molecular weight excluding hydrogens is 514 g/mol. The number of furan rings is 1. The Hall–Kier alpha value is -5.74. The van der Waals surface area contributed by atoms with E-state index in [2.05, 4.69) is 102 Å².